The van der Waals surface area contributed by atoms with Crippen LogP contribution < -0.4 is 11.1 Å². The van der Waals surface area contributed by atoms with Crippen LogP contribution in [0.4, 0.5) is 26.3 Å². The molecule has 0 bridgehead atoms. The molecule has 0 aromatic carbocycles. The third-order valence-corrected chi connectivity index (χ3v) is 1.52. The van der Waals surface area contributed by atoms with Crippen LogP contribution in [0.1, 0.15) is 6.92 Å². The molecule has 0 rings (SSSR count). The second-order valence-electron chi connectivity index (χ2n) is 3.24. The zero-order chi connectivity index (χ0) is 13.1. The summed E-state index contributed by atoms with van der Waals surface area (Å²) in [6, 6.07) is -0.730. The maximum absolute atomic E-state index is 12.0. The highest BCUT2D eigenvalue weighted by Gasteiger charge is 2.60. The Hall–Kier alpha value is -0.990. The van der Waals surface area contributed by atoms with Crippen LogP contribution in [0.15, 0.2) is 0 Å². The Morgan fingerprint density at radius 2 is 1.56 bits per heavy atom. The molecule has 0 aliphatic rings. The Balaban J connectivity index is 4.74. The summed E-state index contributed by atoms with van der Waals surface area (Å²) in [5.41, 5.74) is 5.08. The molecule has 1 atom stereocenters. The van der Waals surface area contributed by atoms with Crippen molar-refractivity contribution < 1.29 is 31.1 Å². The number of nitrogens with one attached hydrogen (secondary N) is 1. The quantitative estimate of drug-likeness (QED) is 0.741. The number of alkyl halides is 6. The van der Waals surface area contributed by atoms with Crippen molar-refractivity contribution in [2.75, 3.05) is 6.54 Å². The summed E-state index contributed by atoms with van der Waals surface area (Å²) >= 11 is 0. The Labute approximate surface area is 87.0 Å². The summed E-state index contributed by atoms with van der Waals surface area (Å²) in [4.78, 5) is 10.7. The maximum Gasteiger partial charge on any atom is 0.409 e. The average molecular weight is 252 g/mol. The summed E-state index contributed by atoms with van der Waals surface area (Å²) in [7, 11) is 0. The first-order valence-corrected chi connectivity index (χ1v) is 4.13. The van der Waals surface area contributed by atoms with Gasteiger partial charge in [-0.05, 0) is 6.92 Å². The van der Waals surface area contributed by atoms with Gasteiger partial charge in [-0.2, -0.15) is 26.3 Å². The van der Waals surface area contributed by atoms with Crippen molar-refractivity contribution in [1.82, 2.24) is 5.32 Å². The summed E-state index contributed by atoms with van der Waals surface area (Å²) in [5.74, 6) is -6.16. The van der Waals surface area contributed by atoms with Gasteiger partial charge in [0, 0.05) is 12.6 Å². The number of carbonyl (C=O) groups is 1. The van der Waals surface area contributed by atoms with E-state index >= 15 is 0 Å². The third-order valence-electron chi connectivity index (χ3n) is 1.52. The van der Waals surface area contributed by atoms with Gasteiger partial charge in [-0.3, -0.25) is 4.79 Å². The van der Waals surface area contributed by atoms with Crippen molar-refractivity contribution >= 4 is 5.91 Å². The lowest BCUT2D eigenvalue weighted by molar-refractivity contribution is -0.274. The summed E-state index contributed by atoms with van der Waals surface area (Å²) in [6.07, 6.45) is -11.3. The molecule has 0 saturated carbocycles. The Bertz CT molecular complexity index is 232. The van der Waals surface area contributed by atoms with Gasteiger partial charge < -0.3 is 11.1 Å². The highest BCUT2D eigenvalue weighted by molar-refractivity contribution is 5.80. The lowest BCUT2D eigenvalue weighted by Crippen LogP contribution is -2.49. The average Bonchev–Trinajstić information content (AvgIpc) is 1.94. The van der Waals surface area contributed by atoms with Gasteiger partial charge in [0.25, 0.3) is 0 Å². The molecule has 9 heteroatoms. The van der Waals surface area contributed by atoms with Crippen LogP contribution in [-0.4, -0.2) is 30.8 Å². The van der Waals surface area contributed by atoms with Crippen molar-refractivity contribution in [3.63, 3.8) is 0 Å². The van der Waals surface area contributed by atoms with Crippen LogP contribution in [0.25, 0.3) is 0 Å². The van der Waals surface area contributed by atoms with Gasteiger partial charge in [-0.1, -0.05) is 0 Å². The molecular weight excluding hydrogens is 242 g/mol. The summed E-state index contributed by atoms with van der Waals surface area (Å²) in [5, 5.41) is 1.49. The Kier molecular flexibility index (Phi) is 4.59. The van der Waals surface area contributed by atoms with Crippen molar-refractivity contribution in [2.24, 2.45) is 11.7 Å². The van der Waals surface area contributed by atoms with Gasteiger partial charge in [-0.15, -0.1) is 0 Å². The first-order chi connectivity index (χ1) is 6.96. The molecule has 1 amide bonds. The molecule has 0 spiro atoms. The number of hydrogen-bond acceptors (Lipinski definition) is 2. The van der Waals surface area contributed by atoms with Crippen molar-refractivity contribution in [1.29, 1.82) is 0 Å². The van der Waals surface area contributed by atoms with Gasteiger partial charge in [0.1, 0.15) is 0 Å². The molecule has 0 radical (unpaired) electrons. The molecule has 0 saturated heterocycles. The highest BCUT2D eigenvalue weighted by Crippen LogP contribution is 2.39. The molecule has 0 aliphatic carbocycles. The SMILES string of the molecule is CC(N)CNC(=O)C(C(F)(F)F)C(F)(F)F. The molecule has 16 heavy (non-hydrogen) atoms. The lowest BCUT2D eigenvalue weighted by atomic mass is 10.1. The van der Waals surface area contributed by atoms with E-state index in [1.54, 1.807) is 0 Å². The van der Waals surface area contributed by atoms with Gasteiger partial charge in [-0.25, -0.2) is 0 Å². The Morgan fingerprint density at radius 1 is 1.19 bits per heavy atom. The molecule has 3 nitrogen and oxygen atoms in total. The van der Waals surface area contributed by atoms with Gasteiger partial charge in [0.2, 0.25) is 11.8 Å². The predicted octanol–water partition coefficient (Wildman–Crippen LogP) is 1.19. The van der Waals surface area contributed by atoms with Crippen LogP contribution in [0, 0.1) is 5.92 Å². The second kappa shape index (κ2) is 4.89. The standard InChI is InChI=1S/C7H10F6N2O/c1-3(14)2-15-5(16)4(6(8,9)10)7(11,12)13/h3-4H,2,14H2,1H3,(H,15,16). The van der Waals surface area contributed by atoms with E-state index in [2.05, 4.69) is 0 Å². The number of nitrogens with two attached hydrogens (primary N) is 1. The molecule has 96 valence electrons. The van der Waals surface area contributed by atoms with Crippen LogP contribution in [-0.2, 0) is 4.79 Å². The van der Waals surface area contributed by atoms with Crippen LogP contribution in [0.5, 0.6) is 0 Å². The van der Waals surface area contributed by atoms with Crippen LogP contribution >= 0.6 is 0 Å². The smallest absolute Gasteiger partial charge is 0.354 e. The first-order valence-electron chi connectivity index (χ1n) is 4.13. The topological polar surface area (TPSA) is 55.1 Å². The van der Waals surface area contributed by atoms with E-state index in [-0.39, 0.29) is 0 Å². The van der Waals surface area contributed by atoms with E-state index in [1.807, 2.05) is 0 Å². The number of rotatable bonds is 3. The molecule has 3 N–H and O–H groups in total. The fraction of sp³-hybridized carbons (Fsp3) is 0.857. The fourth-order valence-electron chi connectivity index (χ4n) is 0.847. The molecule has 1 unspecified atom stereocenters. The number of carbonyl (C=O) groups excluding carboxylic acids is 1. The second-order valence-corrected chi connectivity index (χ2v) is 3.24. The highest BCUT2D eigenvalue weighted by atomic mass is 19.4. The number of halogens is 6. The van der Waals surface area contributed by atoms with E-state index in [4.69, 9.17) is 5.73 Å². The largest absolute Gasteiger partial charge is 0.409 e. The number of hydrogen-bond donors (Lipinski definition) is 2. The van der Waals surface area contributed by atoms with Crippen LogP contribution in [0.2, 0.25) is 0 Å². The molecule has 0 fully saturated rings. The van der Waals surface area contributed by atoms with E-state index in [0.717, 1.165) is 0 Å². The van der Waals surface area contributed by atoms with Crippen LogP contribution in [0.3, 0.4) is 0 Å². The molecule has 0 aromatic rings. The van der Waals surface area contributed by atoms with E-state index in [9.17, 15) is 31.1 Å². The van der Waals surface area contributed by atoms with E-state index in [1.165, 1.54) is 12.2 Å². The van der Waals surface area contributed by atoms with Crippen molar-refractivity contribution in [3.05, 3.63) is 0 Å². The summed E-state index contributed by atoms with van der Waals surface area (Å²) in [6.45, 7) is 0.873. The molecule has 0 aromatic heterocycles. The monoisotopic (exact) mass is 252 g/mol. The molecular formula is C7H10F6N2O. The minimum Gasteiger partial charge on any atom is -0.354 e. The van der Waals surface area contributed by atoms with E-state index < -0.39 is 36.8 Å². The first kappa shape index (κ1) is 15.0. The maximum atomic E-state index is 12.0. The fourth-order valence-corrected chi connectivity index (χ4v) is 0.847. The minimum atomic E-state index is -5.67. The summed E-state index contributed by atoms with van der Waals surface area (Å²) < 4.78 is 71.9. The molecule has 0 aliphatic heterocycles. The number of amides is 1. The molecule has 0 heterocycles. The zero-order valence-electron chi connectivity index (χ0n) is 8.12. The lowest BCUT2D eigenvalue weighted by Gasteiger charge is -2.22. The third kappa shape index (κ3) is 4.69. The van der Waals surface area contributed by atoms with Gasteiger partial charge in [0.15, 0.2) is 0 Å². The van der Waals surface area contributed by atoms with Crippen molar-refractivity contribution in [3.8, 4) is 0 Å². The Morgan fingerprint density at radius 3 is 1.81 bits per heavy atom. The zero-order valence-corrected chi connectivity index (χ0v) is 8.12. The predicted molar refractivity (Wildman–Crippen MR) is 42.3 cm³/mol. The van der Waals surface area contributed by atoms with Gasteiger partial charge in [0.05, 0.1) is 0 Å². The van der Waals surface area contributed by atoms with E-state index in [0.29, 0.717) is 0 Å². The normalized spacial score (nSPS) is 15.1. The van der Waals surface area contributed by atoms with Gasteiger partial charge >= 0.3 is 12.4 Å². The van der Waals surface area contributed by atoms with Crippen molar-refractivity contribution in [2.45, 2.75) is 25.3 Å². The minimum absolute atomic E-state index is 0.457.